The number of rotatable bonds is 6. The van der Waals surface area contributed by atoms with Crippen molar-refractivity contribution in [3.05, 3.63) is 101 Å². The van der Waals surface area contributed by atoms with Gasteiger partial charge in [-0.2, -0.15) is 0 Å². The molecule has 0 saturated heterocycles. The van der Waals surface area contributed by atoms with Crippen LogP contribution < -0.4 is 4.74 Å². The molecule has 0 bridgehead atoms. The number of hydrogen-bond acceptors (Lipinski definition) is 5. The Kier molecular flexibility index (Phi) is 11.7. The van der Waals surface area contributed by atoms with Gasteiger partial charge >= 0.3 is 5.97 Å². The molecular formula is C37H46O5. The zero-order valence-electron chi connectivity index (χ0n) is 26.1. The summed E-state index contributed by atoms with van der Waals surface area (Å²) in [6, 6.07) is 7.18. The van der Waals surface area contributed by atoms with Crippen LogP contribution in [0.4, 0.5) is 0 Å². The van der Waals surface area contributed by atoms with Crippen LogP contribution in [0.1, 0.15) is 90.4 Å². The molecule has 0 saturated carbocycles. The highest BCUT2D eigenvalue weighted by Gasteiger charge is 2.19. The Balaban J connectivity index is 1.70. The number of para-hydroxylation sites is 1. The van der Waals surface area contributed by atoms with Crippen LogP contribution in [-0.2, 0) is 14.3 Å². The van der Waals surface area contributed by atoms with Gasteiger partial charge in [-0.1, -0.05) is 76.3 Å². The van der Waals surface area contributed by atoms with Gasteiger partial charge in [0.05, 0.1) is 0 Å². The molecule has 2 aliphatic carbocycles. The standard InChI is InChI=1S/C37H46O5/c1-27-11-9-13-29(17-21-36(3,4)23-19-32(27)38)25-41-34-16-8-7-15-31(34)35(40)42-26-30-14-10-12-28(2)33(39)20-24-37(5,6)22-18-30/h7-8,11-12,15-20,23-24H,9-10,13-14,21-22,25-26H2,1-6H3/b23-19-,24-20-,27-11-,28-12-,29-17+,30-18+. The number of benzene rings is 1. The van der Waals surface area contributed by atoms with Crippen LogP contribution in [-0.4, -0.2) is 30.7 Å². The lowest BCUT2D eigenvalue weighted by molar-refractivity contribution is -0.112. The average Bonchev–Trinajstić information content (AvgIpc) is 2.99. The Morgan fingerprint density at radius 1 is 0.738 bits per heavy atom. The fraction of sp³-hybridized carbons (Fsp3) is 0.432. The Morgan fingerprint density at radius 2 is 1.24 bits per heavy atom. The van der Waals surface area contributed by atoms with Gasteiger partial charge in [-0.15, -0.1) is 0 Å². The summed E-state index contributed by atoms with van der Waals surface area (Å²) in [6.45, 7) is 12.6. The molecule has 42 heavy (non-hydrogen) atoms. The normalized spacial score (nSPS) is 26.2. The third-order valence-corrected chi connectivity index (χ3v) is 7.72. The largest absolute Gasteiger partial charge is 0.488 e. The van der Waals surface area contributed by atoms with Crippen molar-refractivity contribution in [3.8, 4) is 5.75 Å². The van der Waals surface area contributed by atoms with E-state index in [0.717, 1.165) is 48.0 Å². The van der Waals surface area contributed by atoms with Crippen LogP contribution in [0.25, 0.3) is 0 Å². The molecule has 3 rings (SSSR count). The molecule has 0 radical (unpaired) electrons. The highest BCUT2D eigenvalue weighted by atomic mass is 16.5. The number of hydrogen-bond donors (Lipinski definition) is 0. The molecule has 0 atom stereocenters. The maximum absolute atomic E-state index is 13.2. The predicted molar refractivity (Wildman–Crippen MR) is 169 cm³/mol. The second-order valence-corrected chi connectivity index (χ2v) is 12.7. The molecular weight excluding hydrogens is 524 g/mol. The Hall–Kier alpha value is -3.73. The third-order valence-electron chi connectivity index (χ3n) is 7.72. The van der Waals surface area contributed by atoms with Crippen LogP contribution in [0.3, 0.4) is 0 Å². The molecule has 0 spiro atoms. The highest BCUT2D eigenvalue weighted by molar-refractivity contribution is 6.04. The van der Waals surface area contributed by atoms with Gasteiger partial charge in [0.1, 0.15) is 24.5 Å². The first kappa shape index (κ1) is 32.8. The Bertz CT molecular complexity index is 1340. The number of allylic oxidation sites excluding steroid dienone is 10. The van der Waals surface area contributed by atoms with E-state index in [9.17, 15) is 14.4 Å². The van der Waals surface area contributed by atoms with Crippen molar-refractivity contribution in [3.63, 3.8) is 0 Å². The van der Waals surface area contributed by atoms with E-state index in [1.54, 1.807) is 30.4 Å². The van der Waals surface area contributed by atoms with Crippen molar-refractivity contribution in [1.82, 2.24) is 0 Å². The summed E-state index contributed by atoms with van der Waals surface area (Å²) in [7, 11) is 0. The zero-order chi connectivity index (χ0) is 30.8. The fourth-order valence-electron chi connectivity index (χ4n) is 4.60. The lowest BCUT2D eigenvalue weighted by atomic mass is 9.87. The van der Waals surface area contributed by atoms with Crippen molar-refractivity contribution in [2.75, 3.05) is 13.2 Å². The molecule has 1 aromatic rings. The lowest BCUT2D eigenvalue weighted by Crippen LogP contribution is -2.12. The molecule has 224 valence electrons. The van der Waals surface area contributed by atoms with E-state index in [-0.39, 0.29) is 29.0 Å². The van der Waals surface area contributed by atoms with Gasteiger partial charge in [-0.05, 0) is 110 Å². The number of carbonyl (C=O) groups excluding carboxylic acids is 3. The first-order valence-electron chi connectivity index (χ1n) is 14.9. The molecule has 0 N–H and O–H groups in total. The van der Waals surface area contributed by atoms with E-state index in [2.05, 4.69) is 39.8 Å². The van der Waals surface area contributed by atoms with Crippen LogP contribution in [0.5, 0.6) is 5.75 Å². The van der Waals surface area contributed by atoms with Gasteiger partial charge in [0, 0.05) is 0 Å². The van der Waals surface area contributed by atoms with Gasteiger partial charge in [0.15, 0.2) is 11.6 Å². The summed E-state index contributed by atoms with van der Waals surface area (Å²) < 4.78 is 12.0. The summed E-state index contributed by atoms with van der Waals surface area (Å²) in [4.78, 5) is 37.9. The van der Waals surface area contributed by atoms with Gasteiger partial charge in [0.25, 0.3) is 0 Å². The minimum absolute atomic E-state index is 0.0357. The highest BCUT2D eigenvalue weighted by Crippen LogP contribution is 2.28. The van der Waals surface area contributed by atoms with Gasteiger partial charge in [-0.25, -0.2) is 4.79 Å². The van der Waals surface area contributed by atoms with Gasteiger partial charge < -0.3 is 9.47 Å². The van der Waals surface area contributed by atoms with E-state index in [4.69, 9.17) is 9.47 Å². The van der Waals surface area contributed by atoms with E-state index in [0.29, 0.717) is 30.8 Å². The molecule has 5 nitrogen and oxygen atoms in total. The average molecular weight is 571 g/mol. The number of ether oxygens (including phenoxy) is 2. The summed E-state index contributed by atoms with van der Waals surface area (Å²) in [5.74, 6) is 0.142. The maximum Gasteiger partial charge on any atom is 0.342 e. The molecule has 0 amide bonds. The number of esters is 1. The fourth-order valence-corrected chi connectivity index (χ4v) is 4.60. The zero-order valence-corrected chi connectivity index (χ0v) is 26.1. The minimum atomic E-state index is -0.429. The quantitative estimate of drug-likeness (QED) is 0.253. The van der Waals surface area contributed by atoms with E-state index in [1.165, 1.54) is 0 Å². The molecule has 2 aliphatic rings. The molecule has 0 aliphatic heterocycles. The Labute approximate surface area is 251 Å². The topological polar surface area (TPSA) is 69.7 Å². The van der Waals surface area contributed by atoms with Crippen LogP contribution in [0.2, 0.25) is 0 Å². The van der Waals surface area contributed by atoms with Crippen molar-refractivity contribution in [2.24, 2.45) is 10.8 Å². The van der Waals surface area contributed by atoms with Gasteiger partial charge in [0.2, 0.25) is 0 Å². The third kappa shape index (κ3) is 10.6. The molecule has 5 heteroatoms. The smallest absolute Gasteiger partial charge is 0.342 e. The summed E-state index contributed by atoms with van der Waals surface area (Å²) in [5.41, 5.74) is 3.67. The summed E-state index contributed by atoms with van der Waals surface area (Å²) in [6.07, 6.45) is 20.0. The van der Waals surface area contributed by atoms with E-state index < -0.39 is 5.97 Å². The predicted octanol–water partition coefficient (Wildman–Crippen LogP) is 8.64. The second kappa shape index (κ2) is 14.9. The molecule has 0 fully saturated rings. The van der Waals surface area contributed by atoms with Crippen molar-refractivity contribution in [1.29, 1.82) is 0 Å². The summed E-state index contributed by atoms with van der Waals surface area (Å²) in [5, 5.41) is 0. The molecule has 0 aromatic heterocycles. The molecule has 1 aromatic carbocycles. The second-order valence-electron chi connectivity index (χ2n) is 12.7. The van der Waals surface area contributed by atoms with Crippen LogP contribution >= 0.6 is 0 Å². The first-order chi connectivity index (χ1) is 19.8. The monoisotopic (exact) mass is 570 g/mol. The van der Waals surface area contributed by atoms with E-state index >= 15 is 0 Å². The van der Waals surface area contributed by atoms with Crippen LogP contribution in [0, 0.1) is 10.8 Å². The van der Waals surface area contributed by atoms with E-state index in [1.807, 2.05) is 44.2 Å². The summed E-state index contributed by atoms with van der Waals surface area (Å²) >= 11 is 0. The van der Waals surface area contributed by atoms with Crippen molar-refractivity contribution in [2.45, 2.75) is 80.1 Å². The SMILES string of the molecule is C/C1=C/CC/C(COC(=O)c2ccccc2OC/C2=C/CC(C)(C)/C=C\C(=O)/C(C)=C\CC2)=C\CC(C)(C)/C=C\C1=O. The van der Waals surface area contributed by atoms with Gasteiger partial charge in [-0.3, -0.25) is 9.59 Å². The minimum Gasteiger partial charge on any atom is -0.488 e. The number of ketones is 2. The molecule has 0 heterocycles. The van der Waals surface area contributed by atoms with Crippen molar-refractivity contribution < 1.29 is 23.9 Å². The number of carbonyl (C=O) groups is 3. The lowest BCUT2D eigenvalue weighted by Gasteiger charge is -2.19. The van der Waals surface area contributed by atoms with Crippen molar-refractivity contribution >= 4 is 17.5 Å². The Morgan fingerprint density at radius 3 is 1.79 bits per heavy atom. The first-order valence-corrected chi connectivity index (χ1v) is 14.9. The molecule has 0 unspecified atom stereocenters. The van der Waals surface area contributed by atoms with Crippen LogP contribution in [0.15, 0.2) is 95.2 Å². The maximum atomic E-state index is 13.2.